The molecule has 29 heavy (non-hydrogen) atoms. The second-order valence-corrected chi connectivity index (χ2v) is 8.53. The molecule has 6 nitrogen and oxygen atoms in total. The Balaban J connectivity index is 1.46. The van der Waals surface area contributed by atoms with Gasteiger partial charge in [0.05, 0.1) is 18.8 Å². The van der Waals surface area contributed by atoms with Gasteiger partial charge in [0.15, 0.2) is 0 Å². The zero-order valence-electron chi connectivity index (χ0n) is 16.7. The number of carbonyl (C=O) groups is 2. The summed E-state index contributed by atoms with van der Waals surface area (Å²) in [6.07, 6.45) is 3.47. The number of benzene rings is 1. The largest absolute Gasteiger partial charge is 0.349 e. The predicted molar refractivity (Wildman–Crippen MR) is 115 cm³/mol. The first-order chi connectivity index (χ1) is 13.8. The van der Waals surface area contributed by atoms with Crippen LogP contribution >= 0.6 is 11.3 Å². The first-order valence-corrected chi connectivity index (χ1v) is 10.2. The van der Waals surface area contributed by atoms with E-state index >= 15 is 0 Å². The molecule has 0 bridgehead atoms. The van der Waals surface area contributed by atoms with Gasteiger partial charge in [0, 0.05) is 28.9 Å². The van der Waals surface area contributed by atoms with Crippen LogP contribution in [0.25, 0.3) is 10.6 Å². The van der Waals surface area contributed by atoms with Crippen LogP contribution < -0.4 is 10.6 Å². The van der Waals surface area contributed by atoms with Gasteiger partial charge in [0.25, 0.3) is 5.91 Å². The molecule has 3 aromatic rings. The minimum Gasteiger partial charge on any atom is -0.349 e. The molecule has 3 rings (SSSR count). The zero-order chi connectivity index (χ0) is 20.9. The van der Waals surface area contributed by atoms with E-state index in [0.717, 1.165) is 21.8 Å². The van der Waals surface area contributed by atoms with Crippen LogP contribution in [0.3, 0.4) is 0 Å². The molecule has 0 aliphatic heterocycles. The Labute approximate surface area is 174 Å². The highest BCUT2D eigenvalue weighted by Gasteiger charge is 2.14. The van der Waals surface area contributed by atoms with Gasteiger partial charge in [0.2, 0.25) is 5.91 Å². The van der Waals surface area contributed by atoms with Crippen LogP contribution in [0.4, 0.5) is 0 Å². The van der Waals surface area contributed by atoms with Crippen molar-refractivity contribution in [3.8, 4) is 10.6 Å². The van der Waals surface area contributed by atoms with E-state index in [1.165, 1.54) is 11.3 Å². The Morgan fingerprint density at radius 3 is 2.48 bits per heavy atom. The van der Waals surface area contributed by atoms with Gasteiger partial charge in [-0.3, -0.25) is 14.6 Å². The van der Waals surface area contributed by atoms with Crippen molar-refractivity contribution >= 4 is 23.2 Å². The van der Waals surface area contributed by atoms with Crippen molar-refractivity contribution in [2.45, 2.75) is 32.7 Å². The van der Waals surface area contributed by atoms with Crippen molar-refractivity contribution in [3.05, 3.63) is 71.0 Å². The summed E-state index contributed by atoms with van der Waals surface area (Å²) in [5.74, 6) is -0.534. The van der Waals surface area contributed by atoms with Gasteiger partial charge < -0.3 is 10.6 Å². The highest BCUT2D eigenvalue weighted by molar-refractivity contribution is 7.13. The zero-order valence-corrected chi connectivity index (χ0v) is 17.5. The molecule has 0 unspecified atom stereocenters. The Morgan fingerprint density at radius 2 is 1.83 bits per heavy atom. The van der Waals surface area contributed by atoms with Crippen molar-refractivity contribution in [1.82, 2.24) is 20.6 Å². The first kappa shape index (κ1) is 20.7. The molecule has 0 fully saturated rings. The average Bonchev–Trinajstić information content (AvgIpc) is 3.20. The number of hydrogen-bond donors (Lipinski definition) is 2. The van der Waals surface area contributed by atoms with Crippen LogP contribution in [0.5, 0.6) is 0 Å². The fraction of sp³-hybridized carbons (Fsp3) is 0.273. The molecule has 2 aromatic heterocycles. The smallest absolute Gasteiger partial charge is 0.251 e. The molecule has 2 amide bonds. The second kappa shape index (κ2) is 8.96. The van der Waals surface area contributed by atoms with Crippen molar-refractivity contribution in [1.29, 1.82) is 0 Å². The van der Waals surface area contributed by atoms with Crippen LogP contribution in [0.15, 0.2) is 54.2 Å². The lowest BCUT2D eigenvalue weighted by molar-refractivity contribution is -0.120. The molecule has 0 atom stereocenters. The maximum Gasteiger partial charge on any atom is 0.251 e. The maximum absolute atomic E-state index is 12.2. The van der Waals surface area contributed by atoms with E-state index in [4.69, 9.17) is 0 Å². The lowest BCUT2D eigenvalue weighted by Crippen LogP contribution is -2.36. The third-order valence-corrected chi connectivity index (χ3v) is 5.29. The van der Waals surface area contributed by atoms with Crippen molar-refractivity contribution < 1.29 is 9.59 Å². The van der Waals surface area contributed by atoms with E-state index < -0.39 is 0 Å². The number of carbonyl (C=O) groups excluding carboxylic acids is 2. The number of pyridine rings is 1. The number of thiazole rings is 1. The molecule has 2 N–H and O–H groups in total. The highest BCUT2D eigenvalue weighted by atomic mass is 32.1. The van der Waals surface area contributed by atoms with E-state index in [0.29, 0.717) is 12.1 Å². The standard InChI is InChI=1S/C22H24N4O2S/c1-22(2,3)17-8-6-15(7-9-17)20(28)25-13-19(27)24-12-18-14-29-21(26-18)16-5-4-10-23-11-16/h4-11,14H,12-13H2,1-3H3,(H,24,27)(H,25,28). The second-order valence-electron chi connectivity index (χ2n) is 7.67. The number of hydrogen-bond acceptors (Lipinski definition) is 5. The highest BCUT2D eigenvalue weighted by Crippen LogP contribution is 2.23. The molecule has 0 saturated carbocycles. The van der Waals surface area contributed by atoms with Crippen LogP contribution in [-0.4, -0.2) is 28.3 Å². The summed E-state index contributed by atoms with van der Waals surface area (Å²) in [4.78, 5) is 32.9. The molecular formula is C22H24N4O2S. The molecule has 2 heterocycles. The summed E-state index contributed by atoms with van der Waals surface area (Å²) in [5.41, 5.74) is 3.43. The van der Waals surface area contributed by atoms with Crippen LogP contribution in [0.1, 0.15) is 42.4 Å². The van der Waals surface area contributed by atoms with Gasteiger partial charge in [-0.05, 0) is 35.2 Å². The molecule has 150 valence electrons. The molecule has 0 saturated heterocycles. The third-order valence-electron chi connectivity index (χ3n) is 4.35. The Kier molecular flexibility index (Phi) is 6.39. The predicted octanol–water partition coefficient (Wildman–Crippen LogP) is 3.55. The number of aromatic nitrogens is 2. The van der Waals surface area contributed by atoms with Gasteiger partial charge in [-0.15, -0.1) is 11.3 Å². The fourth-order valence-corrected chi connectivity index (χ4v) is 3.46. The van der Waals surface area contributed by atoms with Gasteiger partial charge in [-0.1, -0.05) is 32.9 Å². The van der Waals surface area contributed by atoms with E-state index in [9.17, 15) is 9.59 Å². The lowest BCUT2D eigenvalue weighted by atomic mass is 9.87. The number of nitrogens with zero attached hydrogens (tertiary/aromatic N) is 2. The minimum atomic E-state index is -0.270. The lowest BCUT2D eigenvalue weighted by Gasteiger charge is -2.19. The molecule has 7 heteroatoms. The Hall–Kier alpha value is -3.06. The quantitative estimate of drug-likeness (QED) is 0.653. The summed E-state index contributed by atoms with van der Waals surface area (Å²) in [7, 11) is 0. The number of rotatable bonds is 6. The van der Waals surface area contributed by atoms with Crippen molar-refractivity contribution in [2.24, 2.45) is 0 Å². The van der Waals surface area contributed by atoms with Gasteiger partial charge in [-0.25, -0.2) is 4.98 Å². The SMILES string of the molecule is CC(C)(C)c1ccc(C(=O)NCC(=O)NCc2csc(-c3cccnc3)n2)cc1. The summed E-state index contributed by atoms with van der Waals surface area (Å²) in [6, 6.07) is 11.2. The van der Waals surface area contributed by atoms with E-state index in [-0.39, 0.29) is 23.8 Å². The minimum absolute atomic E-state index is 0.0292. The number of nitrogens with one attached hydrogen (secondary N) is 2. The molecule has 0 aliphatic rings. The van der Waals surface area contributed by atoms with E-state index in [2.05, 4.69) is 41.4 Å². The van der Waals surface area contributed by atoms with E-state index in [1.807, 2.05) is 29.6 Å². The molecule has 0 spiro atoms. The van der Waals surface area contributed by atoms with Crippen molar-refractivity contribution in [2.75, 3.05) is 6.54 Å². The fourth-order valence-electron chi connectivity index (χ4n) is 2.65. The van der Waals surface area contributed by atoms with Crippen LogP contribution in [-0.2, 0) is 16.8 Å². The summed E-state index contributed by atoms with van der Waals surface area (Å²) in [5, 5.41) is 8.18. The normalized spacial score (nSPS) is 11.1. The Morgan fingerprint density at radius 1 is 1.07 bits per heavy atom. The molecular weight excluding hydrogens is 384 g/mol. The van der Waals surface area contributed by atoms with E-state index in [1.54, 1.807) is 24.5 Å². The molecule has 1 aromatic carbocycles. The van der Waals surface area contributed by atoms with Gasteiger partial charge >= 0.3 is 0 Å². The summed E-state index contributed by atoms with van der Waals surface area (Å²) >= 11 is 1.50. The number of amides is 2. The third kappa shape index (κ3) is 5.71. The summed E-state index contributed by atoms with van der Waals surface area (Å²) < 4.78 is 0. The Bertz CT molecular complexity index is 976. The molecule has 0 radical (unpaired) electrons. The topological polar surface area (TPSA) is 84.0 Å². The average molecular weight is 409 g/mol. The van der Waals surface area contributed by atoms with Crippen molar-refractivity contribution in [3.63, 3.8) is 0 Å². The van der Waals surface area contributed by atoms with Crippen LogP contribution in [0, 0.1) is 0 Å². The first-order valence-electron chi connectivity index (χ1n) is 9.33. The molecule has 0 aliphatic carbocycles. The van der Waals surface area contributed by atoms with Gasteiger partial charge in [0.1, 0.15) is 5.01 Å². The summed E-state index contributed by atoms with van der Waals surface area (Å²) in [6.45, 7) is 6.59. The van der Waals surface area contributed by atoms with Crippen LogP contribution in [0.2, 0.25) is 0 Å². The van der Waals surface area contributed by atoms with Gasteiger partial charge in [-0.2, -0.15) is 0 Å². The maximum atomic E-state index is 12.2. The monoisotopic (exact) mass is 408 g/mol.